The largest absolute Gasteiger partial charge is 0.456 e. The first-order chi connectivity index (χ1) is 26.7. The predicted molar refractivity (Wildman–Crippen MR) is 220 cm³/mol. The summed E-state index contributed by atoms with van der Waals surface area (Å²) in [5.74, 6) is 0. The number of aromatic nitrogens is 2. The summed E-state index contributed by atoms with van der Waals surface area (Å²) < 4.78 is 17.1. The van der Waals surface area contributed by atoms with Gasteiger partial charge in [0, 0.05) is 48.8 Å². The predicted octanol–water partition coefficient (Wildman–Crippen LogP) is 13.2. The van der Waals surface area contributed by atoms with Gasteiger partial charge in [0.25, 0.3) is 0 Å². The molecule has 0 spiro atoms. The molecule has 5 heteroatoms. The van der Waals surface area contributed by atoms with Crippen molar-refractivity contribution in [2.75, 3.05) is 0 Å². The number of fused-ring (bicyclic) bond motifs is 14. The first-order valence-corrected chi connectivity index (χ1v) is 18.1. The van der Waals surface area contributed by atoms with E-state index in [1.165, 1.54) is 10.8 Å². The maximum absolute atomic E-state index is 10.7. The van der Waals surface area contributed by atoms with Crippen LogP contribution in [0.1, 0.15) is 5.56 Å². The molecule has 0 N–H and O–H groups in total. The van der Waals surface area contributed by atoms with E-state index < -0.39 is 0 Å². The van der Waals surface area contributed by atoms with Gasteiger partial charge in [0.2, 0.25) is 0 Å². The molecule has 0 unspecified atom stereocenters. The number of nitriles is 1. The highest BCUT2D eigenvalue weighted by Crippen LogP contribution is 2.43. The lowest BCUT2D eigenvalue weighted by Crippen LogP contribution is -1.98. The summed E-state index contributed by atoms with van der Waals surface area (Å²) >= 11 is 0. The zero-order valence-electron chi connectivity index (χ0n) is 28.7. The van der Waals surface area contributed by atoms with E-state index in [0.717, 1.165) is 99.2 Å². The van der Waals surface area contributed by atoms with Gasteiger partial charge in [-0.3, -0.25) is 0 Å². The Morgan fingerprint density at radius 1 is 0.389 bits per heavy atom. The summed E-state index contributed by atoms with van der Waals surface area (Å²) in [4.78, 5) is 0. The Labute approximate surface area is 307 Å². The molecule has 0 radical (unpaired) electrons. The van der Waals surface area contributed by atoms with Gasteiger partial charge in [0.1, 0.15) is 28.4 Å². The topological polar surface area (TPSA) is 59.9 Å². The van der Waals surface area contributed by atoms with Crippen molar-refractivity contribution in [1.29, 1.82) is 5.26 Å². The fourth-order valence-electron chi connectivity index (χ4n) is 8.91. The van der Waals surface area contributed by atoms with E-state index in [0.29, 0.717) is 5.56 Å². The van der Waals surface area contributed by atoms with Crippen LogP contribution in [-0.4, -0.2) is 9.13 Å². The molecule has 0 aliphatic rings. The molecule has 0 saturated carbocycles. The molecule has 4 heterocycles. The van der Waals surface area contributed by atoms with Crippen LogP contribution in [-0.2, 0) is 0 Å². The Morgan fingerprint density at radius 3 is 1.56 bits per heavy atom. The lowest BCUT2D eigenvalue weighted by molar-refractivity contribution is 0.669. The molecule has 0 bridgehead atoms. The molecular formula is C49H27N3O2. The summed E-state index contributed by atoms with van der Waals surface area (Å²) in [6.45, 7) is 0. The minimum absolute atomic E-state index is 0.601. The van der Waals surface area contributed by atoms with Gasteiger partial charge < -0.3 is 18.0 Å². The fourth-order valence-corrected chi connectivity index (χ4v) is 8.91. The number of furan rings is 2. The molecule has 0 aliphatic heterocycles. The van der Waals surface area contributed by atoms with Crippen molar-refractivity contribution in [3.05, 3.63) is 169 Å². The van der Waals surface area contributed by atoms with Crippen LogP contribution in [0.4, 0.5) is 0 Å². The summed E-state index contributed by atoms with van der Waals surface area (Å²) in [6.07, 6.45) is 0. The lowest BCUT2D eigenvalue weighted by Gasteiger charge is -2.13. The van der Waals surface area contributed by atoms with Gasteiger partial charge in [-0.05, 0) is 83.9 Å². The van der Waals surface area contributed by atoms with Crippen LogP contribution in [0.2, 0.25) is 0 Å². The molecule has 0 atom stereocenters. The van der Waals surface area contributed by atoms with E-state index in [4.69, 9.17) is 8.83 Å². The fraction of sp³-hybridized carbons (Fsp3) is 0. The average molecular weight is 690 g/mol. The van der Waals surface area contributed by atoms with Gasteiger partial charge in [-0.15, -0.1) is 0 Å². The van der Waals surface area contributed by atoms with E-state index in [1.54, 1.807) is 0 Å². The Balaban J connectivity index is 1.05. The highest BCUT2D eigenvalue weighted by Gasteiger charge is 2.21. The van der Waals surface area contributed by atoms with Crippen molar-refractivity contribution >= 4 is 87.5 Å². The molecule has 54 heavy (non-hydrogen) atoms. The van der Waals surface area contributed by atoms with Gasteiger partial charge in [-0.2, -0.15) is 5.26 Å². The van der Waals surface area contributed by atoms with Crippen molar-refractivity contribution in [3.63, 3.8) is 0 Å². The number of hydrogen-bond acceptors (Lipinski definition) is 3. The van der Waals surface area contributed by atoms with E-state index in [-0.39, 0.29) is 0 Å². The van der Waals surface area contributed by atoms with Crippen LogP contribution >= 0.6 is 0 Å². The first-order valence-electron chi connectivity index (χ1n) is 18.1. The summed E-state index contributed by atoms with van der Waals surface area (Å²) in [5, 5.41) is 19.7. The zero-order valence-corrected chi connectivity index (χ0v) is 28.7. The van der Waals surface area contributed by atoms with Crippen molar-refractivity contribution in [1.82, 2.24) is 9.13 Å². The minimum Gasteiger partial charge on any atom is -0.456 e. The standard InChI is InChI=1S/C49H27N3O2/c50-28-31-26-30(20-21-37(31)52-39-17-6-2-13-34(39)47-41(52)23-25-45-49(47)36-15-4-8-19-43(36)54-45)29-10-9-11-32(27-29)51-38-16-5-1-12-33(38)46-40(51)22-24-44-48(46)35-14-3-7-18-42(35)53-44/h1-27H. The molecule has 0 aliphatic carbocycles. The third-order valence-corrected chi connectivity index (χ3v) is 11.1. The summed E-state index contributed by atoms with van der Waals surface area (Å²) in [7, 11) is 0. The molecule has 8 aromatic carbocycles. The molecule has 12 aromatic rings. The SMILES string of the molecule is N#Cc1cc(-c2cccc(-n3c4ccccc4c4c5c(ccc43)oc3ccccc35)c2)ccc1-n1c2ccccc2c2c3c(ccc21)oc1ccccc13. The molecule has 12 rings (SSSR count). The van der Waals surface area contributed by atoms with Gasteiger partial charge in [-0.1, -0.05) is 91.0 Å². The summed E-state index contributed by atoms with van der Waals surface area (Å²) in [6, 6.07) is 59.3. The Hall–Kier alpha value is -7.55. The van der Waals surface area contributed by atoms with Crippen molar-refractivity contribution < 1.29 is 8.83 Å². The van der Waals surface area contributed by atoms with Crippen molar-refractivity contribution in [2.45, 2.75) is 0 Å². The zero-order chi connectivity index (χ0) is 35.5. The number of nitrogens with zero attached hydrogens (tertiary/aromatic N) is 3. The number of benzene rings is 8. The van der Waals surface area contributed by atoms with E-state index in [2.05, 4.69) is 143 Å². The van der Waals surface area contributed by atoms with E-state index in [1.807, 2.05) is 36.4 Å². The lowest BCUT2D eigenvalue weighted by atomic mass is 10.0. The second-order valence-corrected chi connectivity index (χ2v) is 14.0. The molecule has 4 aromatic heterocycles. The van der Waals surface area contributed by atoms with Crippen LogP contribution in [0.25, 0.3) is 110 Å². The van der Waals surface area contributed by atoms with E-state index >= 15 is 0 Å². The number of para-hydroxylation sites is 4. The maximum atomic E-state index is 10.7. The number of rotatable bonds is 3. The quantitative estimate of drug-likeness (QED) is 0.185. The second-order valence-electron chi connectivity index (χ2n) is 14.0. The van der Waals surface area contributed by atoms with Crippen LogP contribution in [0.15, 0.2) is 173 Å². The van der Waals surface area contributed by atoms with Crippen LogP contribution < -0.4 is 0 Å². The molecule has 0 amide bonds. The molecular weight excluding hydrogens is 663 g/mol. The molecule has 250 valence electrons. The second kappa shape index (κ2) is 10.7. The number of hydrogen-bond donors (Lipinski definition) is 0. The third-order valence-electron chi connectivity index (χ3n) is 11.1. The average Bonchev–Trinajstić information content (AvgIpc) is 3.98. The van der Waals surface area contributed by atoms with Crippen LogP contribution in [0, 0.1) is 11.3 Å². The smallest absolute Gasteiger partial charge is 0.136 e. The normalized spacial score (nSPS) is 12.1. The summed E-state index contributed by atoms with van der Waals surface area (Å²) in [5.41, 5.74) is 12.3. The first kappa shape index (κ1) is 29.1. The maximum Gasteiger partial charge on any atom is 0.136 e. The highest BCUT2D eigenvalue weighted by atomic mass is 16.3. The molecule has 0 saturated heterocycles. The van der Waals surface area contributed by atoms with Gasteiger partial charge in [0.05, 0.1) is 33.3 Å². The highest BCUT2D eigenvalue weighted by molar-refractivity contribution is 6.28. The monoisotopic (exact) mass is 689 g/mol. The molecule has 0 fully saturated rings. The third kappa shape index (κ3) is 3.86. The van der Waals surface area contributed by atoms with Gasteiger partial charge >= 0.3 is 0 Å². The van der Waals surface area contributed by atoms with Gasteiger partial charge in [-0.25, -0.2) is 0 Å². The molecule has 5 nitrogen and oxygen atoms in total. The van der Waals surface area contributed by atoms with E-state index in [9.17, 15) is 5.26 Å². The van der Waals surface area contributed by atoms with Crippen molar-refractivity contribution in [3.8, 4) is 28.6 Å². The Kier molecular flexibility index (Phi) is 5.78. The van der Waals surface area contributed by atoms with Gasteiger partial charge in [0.15, 0.2) is 0 Å². The van der Waals surface area contributed by atoms with Crippen LogP contribution in [0.3, 0.4) is 0 Å². The van der Waals surface area contributed by atoms with Crippen molar-refractivity contribution in [2.24, 2.45) is 0 Å². The van der Waals surface area contributed by atoms with Crippen LogP contribution in [0.5, 0.6) is 0 Å². The Bertz CT molecular complexity index is 3590. The Morgan fingerprint density at radius 2 is 0.926 bits per heavy atom. The minimum atomic E-state index is 0.601.